The van der Waals surface area contributed by atoms with E-state index in [0.29, 0.717) is 102 Å². The van der Waals surface area contributed by atoms with Gasteiger partial charge in [0.05, 0.1) is 48.2 Å². The van der Waals surface area contributed by atoms with Crippen LogP contribution >= 0.6 is 15.9 Å². The number of aliphatic hydroxyl groups is 4. The van der Waals surface area contributed by atoms with Gasteiger partial charge in [-0.05, 0) is 106 Å². The SMILES string of the molecule is Cc1ccc(S(=O)(=O)OCCCN(CCCO)C[C@H]2CN(c3cccc(F)c3)C(=O)O2)cc1.NC[C@H]1CN(c2cccc(F)c2)C(=O)O1.O=C1O[C@@H](CN(CCCO)CCCO)CN1c1cccc(F)c1.OCCCBr. The maximum atomic E-state index is 13.5. The van der Waals surface area contributed by atoms with E-state index in [0.717, 1.165) is 17.3 Å². The average molecular weight is 1160 g/mol. The molecule has 6 N–H and O–H groups in total. The summed E-state index contributed by atoms with van der Waals surface area (Å²) in [6.07, 6.45) is 0.516. The number of aliphatic hydroxyl groups excluding tert-OH is 4. The Kier molecular flexibility index (Phi) is 28.0. The minimum absolute atomic E-state index is 0.00566. The van der Waals surface area contributed by atoms with E-state index in [-0.39, 0.29) is 62.4 Å². The number of anilines is 3. The number of cyclic esters (lactones) is 3. The highest BCUT2D eigenvalue weighted by Gasteiger charge is 2.35. The number of nitrogens with zero attached hydrogens (tertiary/aromatic N) is 5. The van der Waals surface area contributed by atoms with Crippen molar-refractivity contribution in [3.05, 3.63) is 120 Å². The van der Waals surface area contributed by atoms with E-state index in [1.807, 2.05) is 11.8 Å². The van der Waals surface area contributed by atoms with Crippen LogP contribution in [0.3, 0.4) is 0 Å². The van der Waals surface area contributed by atoms with E-state index in [4.69, 9.17) is 39.4 Å². The van der Waals surface area contributed by atoms with E-state index in [1.54, 1.807) is 42.5 Å². The number of aryl methyl sites for hydroxylation is 1. The number of halogens is 4. The molecule has 0 aromatic heterocycles. The second-order valence-electron chi connectivity index (χ2n) is 17.6. The van der Waals surface area contributed by atoms with E-state index in [2.05, 4.69) is 20.8 Å². The van der Waals surface area contributed by atoms with Gasteiger partial charge in [0.25, 0.3) is 10.1 Å². The quantitative estimate of drug-likeness (QED) is 0.0220. The second kappa shape index (κ2) is 33.7. The lowest BCUT2D eigenvalue weighted by atomic mass is 10.2. The molecule has 3 heterocycles. The van der Waals surface area contributed by atoms with Gasteiger partial charge in [0, 0.05) is 77.6 Å². The molecule has 3 aliphatic heterocycles. The van der Waals surface area contributed by atoms with E-state index in [9.17, 15) is 41.1 Å². The van der Waals surface area contributed by atoms with Gasteiger partial charge < -0.3 is 40.4 Å². The summed E-state index contributed by atoms with van der Waals surface area (Å²) >= 11 is 3.15. The van der Waals surface area contributed by atoms with Gasteiger partial charge in [0.2, 0.25) is 0 Å². The molecule has 3 saturated heterocycles. The highest BCUT2D eigenvalue weighted by atomic mass is 79.9. The third-order valence-corrected chi connectivity index (χ3v) is 13.4. The first kappa shape index (κ1) is 63.1. The van der Waals surface area contributed by atoms with Crippen LogP contribution < -0.4 is 20.4 Å². The molecule has 4 aromatic carbocycles. The van der Waals surface area contributed by atoms with Gasteiger partial charge in [-0.1, -0.05) is 51.8 Å². The van der Waals surface area contributed by atoms with Gasteiger partial charge in [-0.15, -0.1) is 0 Å². The molecule has 0 bridgehead atoms. The number of rotatable bonds is 25. The van der Waals surface area contributed by atoms with Gasteiger partial charge in [-0.25, -0.2) is 27.6 Å². The molecular formula is C52H70BrF3N6O13S. The summed E-state index contributed by atoms with van der Waals surface area (Å²) in [5.74, 6) is -1.21. The van der Waals surface area contributed by atoms with Crippen molar-refractivity contribution in [2.24, 2.45) is 5.73 Å². The number of amides is 3. The van der Waals surface area contributed by atoms with Crippen LogP contribution in [-0.4, -0.2) is 179 Å². The van der Waals surface area contributed by atoms with Crippen molar-refractivity contribution in [3.8, 4) is 0 Å². The Morgan fingerprint density at radius 2 is 0.961 bits per heavy atom. The zero-order valence-electron chi connectivity index (χ0n) is 42.5. The Balaban J connectivity index is 0.000000250. The molecule has 420 valence electrons. The van der Waals surface area contributed by atoms with Crippen LogP contribution in [0.25, 0.3) is 0 Å². The topological polar surface area (TPSA) is 245 Å². The number of hydrogen-bond donors (Lipinski definition) is 5. The lowest BCUT2D eigenvalue weighted by Crippen LogP contribution is -2.37. The highest BCUT2D eigenvalue weighted by molar-refractivity contribution is 9.09. The van der Waals surface area contributed by atoms with Gasteiger partial charge in [-0.2, -0.15) is 8.42 Å². The Morgan fingerprint density at radius 3 is 1.29 bits per heavy atom. The first-order chi connectivity index (χ1) is 36.5. The zero-order chi connectivity index (χ0) is 55.5. The van der Waals surface area contributed by atoms with Crippen LogP contribution in [0, 0.1) is 24.4 Å². The van der Waals surface area contributed by atoms with E-state index < -0.39 is 46.1 Å². The third kappa shape index (κ3) is 21.5. The maximum Gasteiger partial charge on any atom is 0.414 e. The van der Waals surface area contributed by atoms with Gasteiger partial charge >= 0.3 is 18.3 Å². The Labute approximate surface area is 450 Å². The lowest BCUT2D eigenvalue weighted by Gasteiger charge is -2.24. The summed E-state index contributed by atoms with van der Waals surface area (Å²) < 4.78 is 85.3. The predicted octanol–water partition coefficient (Wildman–Crippen LogP) is 6.03. The van der Waals surface area contributed by atoms with Crippen LogP contribution in [0.4, 0.5) is 44.6 Å². The Morgan fingerprint density at radius 1 is 0.592 bits per heavy atom. The fourth-order valence-corrected chi connectivity index (χ4v) is 8.97. The molecule has 0 saturated carbocycles. The summed E-state index contributed by atoms with van der Waals surface area (Å²) in [6.45, 7) is 6.97. The molecule has 3 atom stereocenters. The third-order valence-electron chi connectivity index (χ3n) is 11.5. The van der Waals surface area contributed by atoms with Gasteiger partial charge in [0.1, 0.15) is 35.8 Å². The molecule has 0 unspecified atom stereocenters. The van der Waals surface area contributed by atoms with Crippen LogP contribution in [0.1, 0.15) is 37.7 Å². The number of ether oxygens (including phenoxy) is 3. The van der Waals surface area contributed by atoms with Crippen molar-refractivity contribution < 1.29 is 74.8 Å². The number of benzene rings is 4. The van der Waals surface area contributed by atoms with Gasteiger partial charge in [-0.3, -0.25) is 28.7 Å². The number of alkyl halides is 1. The molecule has 0 aliphatic carbocycles. The summed E-state index contributed by atoms with van der Waals surface area (Å²) in [4.78, 5) is 44.0. The fraction of sp³-hybridized carbons (Fsp3) is 0.481. The largest absolute Gasteiger partial charge is 0.443 e. The minimum atomic E-state index is -3.83. The molecule has 76 heavy (non-hydrogen) atoms. The summed E-state index contributed by atoms with van der Waals surface area (Å²) in [5, 5.41) is 36.1. The van der Waals surface area contributed by atoms with Crippen molar-refractivity contribution in [2.75, 3.05) is 119 Å². The van der Waals surface area contributed by atoms with Crippen molar-refractivity contribution >= 4 is 61.4 Å². The smallest absolute Gasteiger partial charge is 0.414 e. The standard InChI is InChI=1S/C23H29FN2O6S.C16H23FN2O4.C10H11FN2O2.C3H7BrO/c1-18-7-9-22(10-8-18)33(29,30)31-14-4-12-25(11-3-13-27)16-21-17-26(23(28)32-21)20-6-2-5-19(24)15-20;17-13-4-1-5-14(10-13)19-12-15(23-16(19)22)11-18(6-2-8-20)7-3-9-21;11-7-2-1-3-8(4-7)13-6-9(5-12)15-10(13)14;4-2-1-3-5/h2,5-10,15,21,27H,3-4,11-14,16-17H2,1H3;1,4-5,10,15,20-21H,2-3,6-9,11-12H2;1-4,9H,5-6,12H2;5H,1-3H2/t21-;15-;9-;/m000./s1. The van der Waals surface area contributed by atoms with Crippen molar-refractivity contribution in [1.29, 1.82) is 0 Å². The summed E-state index contributed by atoms with van der Waals surface area (Å²) in [5.41, 5.74) is 7.75. The normalized spacial score (nSPS) is 17.1. The molecule has 24 heteroatoms. The summed E-state index contributed by atoms with van der Waals surface area (Å²) in [6, 6.07) is 23.9. The van der Waals surface area contributed by atoms with Gasteiger partial charge in [0.15, 0.2) is 0 Å². The van der Waals surface area contributed by atoms with Crippen LogP contribution in [-0.2, 0) is 28.5 Å². The average Bonchev–Trinajstić information content (AvgIpc) is 4.10. The number of carbonyl (C=O) groups is 3. The minimum Gasteiger partial charge on any atom is -0.443 e. The molecule has 0 spiro atoms. The lowest BCUT2D eigenvalue weighted by molar-refractivity contribution is 0.101. The monoisotopic (exact) mass is 1150 g/mol. The first-order valence-corrected chi connectivity index (χ1v) is 27.4. The Hall–Kier alpha value is -5.41. The van der Waals surface area contributed by atoms with E-state index >= 15 is 0 Å². The molecule has 19 nitrogen and oxygen atoms in total. The van der Waals surface area contributed by atoms with Crippen LogP contribution in [0.15, 0.2) is 102 Å². The summed E-state index contributed by atoms with van der Waals surface area (Å²) in [7, 11) is -3.83. The van der Waals surface area contributed by atoms with Crippen molar-refractivity contribution in [3.63, 3.8) is 0 Å². The molecular weight excluding hydrogens is 1090 g/mol. The zero-order valence-corrected chi connectivity index (χ0v) is 44.9. The number of nitrogens with two attached hydrogens (primary N) is 1. The second-order valence-corrected chi connectivity index (χ2v) is 20.0. The molecule has 3 amide bonds. The predicted molar refractivity (Wildman–Crippen MR) is 284 cm³/mol. The van der Waals surface area contributed by atoms with Crippen LogP contribution in [0.5, 0.6) is 0 Å². The molecule has 4 aromatic rings. The number of carbonyl (C=O) groups excluding carboxylic acids is 3. The highest BCUT2D eigenvalue weighted by Crippen LogP contribution is 2.25. The maximum absolute atomic E-state index is 13.5. The molecule has 3 fully saturated rings. The molecule has 7 rings (SSSR count). The van der Waals surface area contributed by atoms with E-state index in [1.165, 1.54) is 69.3 Å². The van der Waals surface area contributed by atoms with Crippen LogP contribution in [0.2, 0.25) is 0 Å². The Bertz CT molecular complexity index is 2480. The number of hydrogen-bond acceptors (Lipinski definition) is 16. The fourth-order valence-electron chi connectivity index (χ4n) is 7.78. The first-order valence-electron chi connectivity index (χ1n) is 24.9. The molecule has 0 radical (unpaired) electrons. The van der Waals surface area contributed by atoms with Crippen molar-refractivity contribution in [1.82, 2.24) is 9.80 Å². The molecule has 3 aliphatic rings. The van der Waals surface area contributed by atoms with Crippen molar-refractivity contribution in [2.45, 2.75) is 62.2 Å².